The monoisotopic (exact) mass is 216 g/mol. The molecule has 0 aliphatic carbocycles. The van der Waals surface area contributed by atoms with Crippen LogP contribution in [0.4, 0.5) is 0 Å². The highest BCUT2D eigenvalue weighted by atomic mass is 16.7. The summed E-state index contributed by atoms with van der Waals surface area (Å²) in [6.45, 7) is 0.0710. The zero-order valence-electron chi connectivity index (χ0n) is 8.67. The van der Waals surface area contributed by atoms with E-state index in [9.17, 15) is 5.11 Å². The molecule has 0 aromatic heterocycles. The van der Waals surface area contributed by atoms with Gasteiger partial charge in [-0.15, -0.1) is 0 Å². The summed E-state index contributed by atoms with van der Waals surface area (Å²) in [7, 11) is 0. The van der Waals surface area contributed by atoms with Crippen LogP contribution in [0.25, 0.3) is 0 Å². The van der Waals surface area contributed by atoms with E-state index in [1.807, 2.05) is 30.3 Å². The van der Waals surface area contributed by atoms with Crippen molar-refractivity contribution >= 4 is 0 Å². The Labute approximate surface area is 93.9 Å². The summed E-state index contributed by atoms with van der Waals surface area (Å²) in [5.74, 6) is 1.26. The third-order valence-electron chi connectivity index (χ3n) is 2.05. The third-order valence-corrected chi connectivity index (χ3v) is 2.05. The summed E-state index contributed by atoms with van der Waals surface area (Å²) in [6.07, 6.45) is 0. The molecule has 0 unspecified atom stereocenters. The Kier molecular flexibility index (Phi) is 3.28. The second-order valence-electron chi connectivity index (χ2n) is 3.19. The molecule has 3 heteroatoms. The summed E-state index contributed by atoms with van der Waals surface area (Å²) in [5, 5.41) is 9.43. The molecule has 0 spiro atoms. The lowest BCUT2D eigenvalue weighted by Crippen LogP contribution is -2.05. The van der Waals surface area contributed by atoms with Crippen LogP contribution >= 0.6 is 0 Å². The minimum Gasteiger partial charge on any atom is -0.504 e. The smallest absolute Gasteiger partial charge is 0.231 e. The standard InChI is InChI=1S/C13H12O3/c14-12-8-4-5-9-13(12)16-10-15-11-6-2-1-3-7-11/h1-9,14H,10H2. The summed E-state index contributed by atoms with van der Waals surface area (Å²) >= 11 is 0. The first-order valence-electron chi connectivity index (χ1n) is 4.95. The quantitative estimate of drug-likeness (QED) is 0.799. The maximum Gasteiger partial charge on any atom is 0.231 e. The molecule has 1 N–H and O–H groups in total. The van der Waals surface area contributed by atoms with Gasteiger partial charge >= 0.3 is 0 Å². The fourth-order valence-corrected chi connectivity index (χ4v) is 1.26. The molecule has 0 aliphatic heterocycles. The average Bonchev–Trinajstić information content (AvgIpc) is 2.33. The average molecular weight is 216 g/mol. The van der Waals surface area contributed by atoms with Gasteiger partial charge in [0.05, 0.1) is 0 Å². The predicted molar refractivity (Wildman–Crippen MR) is 60.7 cm³/mol. The number of phenols is 1. The van der Waals surface area contributed by atoms with E-state index in [0.717, 1.165) is 5.75 Å². The fourth-order valence-electron chi connectivity index (χ4n) is 1.26. The maximum absolute atomic E-state index is 9.43. The minimum atomic E-state index is 0.0710. The van der Waals surface area contributed by atoms with E-state index in [1.54, 1.807) is 24.3 Å². The van der Waals surface area contributed by atoms with Crippen LogP contribution in [0.15, 0.2) is 54.6 Å². The Morgan fingerprint density at radius 2 is 1.50 bits per heavy atom. The van der Waals surface area contributed by atoms with E-state index < -0.39 is 0 Å². The van der Waals surface area contributed by atoms with Gasteiger partial charge in [-0.25, -0.2) is 0 Å². The van der Waals surface area contributed by atoms with Gasteiger partial charge in [0.25, 0.3) is 0 Å². The summed E-state index contributed by atoms with van der Waals surface area (Å²) in [4.78, 5) is 0. The van der Waals surface area contributed by atoms with Gasteiger partial charge in [-0.1, -0.05) is 30.3 Å². The molecule has 0 saturated heterocycles. The Morgan fingerprint density at radius 3 is 2.25 bits per heavy atom. The second-order valence-corrected chi connectivity index (χ2v) is 3.19. The van der Waals surface area contributed by atoms with Crippen molar-refractivity contribution < 1.29 is 14.6 Å². The van der Waals surface area contributed by atoms with Crippen molar-refractivity contribution in [2.45, 2.75) is 0 Å². The Morgan fingerprint density at radius 1 is 0.812 bits per heavy atom. The van der Waals surface area contributed by atoms with E-state index in [-0.39, 0.29) is 12.5 Å². The molecule has 3 nitrogen and oxygen atoms in total. The molecule has 16 heavy (non-hydrogen) atoms. The van der Waals surface area contributed by atoms with Crippen LogP contribution < -0.4 is 9.47 Å². The van der Waals surface area contributed by atoms with Crippen LogP contribution in [0.3, 0.4) is 0 Å². The molecule has 0 amide bonds. The lowest BCUT2D eigenvalue weighted by Gasteiger charge is -2.09. The van der Waals surface area contributed by atoms with Crippen molar-refractivity contribution in [2.24, 2.45) is 0 Å². The number of phenolic OH excluding ortho intramolecular Hbond substituents is 1. The second kappa shape index (κ2) is 5.07. The van der Waals surface area contributed by atoms with Crippen LogP contribution in [-0.4, -0.2) is 11.9 Å². The molecule has 0 saturated carbocycles. The highest BCUT2D eigenvalue weighted by Gasteiger charge is 1.99. The molecular formula is C13H12O3. The van der Waals surface area contributed by atoms with Gasteiger partial charge in [-0.05, 0) is 24.3 Å². The number of benzene rings is 2. The van der Waals surface area contributed by atoms with Crippen LogP contribution in [0.1, 0.15) is 0 Å². The number of hydrogen-bond acceptors (Lipinski definition) is 3. The Hall–Kier alpha value is -2.16. The molecule has 2 aromatic carbocycles. The van der Waals surface area contributed by atoms with Crippen molar-refractivity contribution in [3.8, 4) is 17.2 Å². The van der Waals surface area contributed by atoms with Crippen molar-refractivity contribution in [1.29, 1.82) is 0 Å². The first-order chi connectivity index (χ1) is 7.86. The van der Waals surface area contributed by atoms with E-state index in [4.69, 9.17) is 9.47 Å². The van der Waals surface area contributed by atoms with Gasteiger partial charge in [-0.2, -0.15) is 0 Å². The van der Waals surface area contributed by atoms with Crippen molar-refractivity contribution in [3.05, 3.63) is 54.6 Å². The number of para-hydroxylation sites is 3. The van der Waals surface area contributed by atoms with E-state index in [0.29, 0.717) is 5.75 Å². The summed E-state index contributed by atoms with van der Waals surface area (Å²) < 4.78 is 10.6. The molecule has 0 fully saturated rings. The Bertz CT molecular complexity index is 440. The van der Waals surface area contributed by atoms with Gasteiger partial charge in [-0.3, -0.25) is 0 Å². The van der Waals surface area contributed by atoms with Crippen molar-refractivity contribution in [2.75, 3.05) is 6.79 Å². The Balaban J connectivity index is 1.87. The highest BCUT2D eigenvalue weighted by molar-refractivity contribution is 5.37. The molecule has 2 rings (SSSR count). The molecule has 0 atom stereocenters. The first-order valence-corrected chi connectivity index (χ1v) is 4.95. The zero-order valence-corrected chi connectivity index (χ0v) is 8.67. The van der Waals surface area contributed by atoms with Crippen molar-refractivity contribution in [1.82, 2.24) is 0 Å². The van der Waals surface area contributed by atoms with E-state index >= 15 is 0 Å². The number of ether oxygens (including phenoxy) is 2. The van der Waals surface area contributed by atoms with Gasteiger partial charge < -0.3 is 14.6 Å². The van der Waals surface area contributed by atoms with Gasteiger partial charge in [0.15, 0.2) is 11.5 Å². The highest BCUT2D eigenvalue weighted by Crippen LogP contribution is 2.24. The molecule has 2 aromatic rings. The van der Waals surface area contributed by atoms with Crippen LogP contribution in [0, 0.1) is 0 Å². The topological polar surface area (TPSA) is 38.7 Å². The van der Waals surface area contributed by atoms with Crippen LogP contribution in [-0.2, 0) is 0 Å². The SMILES string of the molecule is Oc1ccccc1OCOc1ccccc1. The first kappa shape index (κ1) is 10.4. The van der Waals surface area contributed by atoms with E-state index in [2.05, 4.69) is 0 Å². The molecule has 0 aliphatic rings. The number of hydrogen-bond donors (Lipinski definition) is 1. The third kappa shape index (κ3) is 2.67. The summed E-state index contributed by atoms with van der Waals surface area (Å²) in [6, 6.07) is 16.1. The van der Waals surface area contributed by atoms with Crippen molar-refractivity contribution in [3.63, 3.8) is 0 Å². The molecule has 0 heterocycles. The molecular weight excluding hydrogens is 204 g/mol. The number of aromatic hydroxyl groups is 1. The summed E-state index contributed by atoms with van der Waals surface area (Å²) in [5.41, 5.74) is 0. The van der Waals surface area contributed by atoms with Crippen LogP contribution in [0.5, 0.6) is 17.2 Å². The van der Waals surface area contributed by atoms with Crippen LogP contribution in [0.2, 0.25) is 0 Å². The minimum absolute atomic E-state index is 0.0710. The van der Waals surface area contributed by atoms with Gasteiger partial charge in [0.1, 0.15) is 5.75 Å². The lowest BCUT2D eigenvalue weighted by molar-refractivity contribution is 0.116. The predicted octanol–water partition coefficient (Wildman–Crippen LogP) is 2.81. The zero-order chi connectivity index (χ0) is 11.2. The van der Waals surface area contributed by atoms with Gasteiger partial charge in [0, 0.05) is 0 Å². The molecule has 0 bridgehead atoms. The largest absolute Gasteiger partial charge is 0.504 e. The fraction of sp³-hybridized carbons (Fsp3) is 0.0769. The normalized spacial score (nSPS) is 9.75. The van der Waals surface area contributed by atoms with E-state index in [1.165, 1.54) is 0 Å². The lowest BCUT2D eigenvalue weighted by atomic mass is 10.3. The maximum atomic E-state index is 9.43. The van der Waals surface area contributed by atoms with Gasteiger partial charge in [0.2, 0.25) is 6.79 Å². The molecule has 82 valence electrons. The number of rotatable bonds is 4. The molecule has 0 radical (unpaired) electrons.